The first-order valence-corrected chi connectivity index (χ1v) is 11.1. The Balaban J connectivity index is 1.50. The van der Waals surface area contributed by atoms with Crippen molar-refractivity contribution in [3.8, 4) is 0 Å². The second kappa shape index (κ2) is 7.21. The topological polar surface area (TPSA) is 106 Å². The molecule has 0 N–H and O–H groups in total. The third-order valence-corrected chi connectivity index (χ3v) is 6.30. The van der Waals surface area contributed by atoms with Crippen LogP contribution in [0, 0.1) is 0 Å². The number of benzene rings is 2. The number of rotatable bonds is 3. The van der Waals surface area contributed by atoms with E-state index < -0.39 is 21.6 Å². The van der Waals surface area contributed by atoms with Gasteiger partial charge in [0.15, 0.2) is 5.84 Å². The molecule has 0 amide bonds. The maximum Gasteiger partial charge on any atom is 0.342 e. The fourth-order valence-corrected chi connectivity index (χ4v) is 4.72. The minimum absolute atomic E-state index is 0.0432. The number of amidine groups is 1. The molecular weight excluding hydrogens is 420 g/mol. The smallest absolute Gasteiger partial charge is 0.342 e. The van der Waals surface area contributed by atoms with E-state index in [1.165, 1.54) is 12.1 Å². The van der Waals surface area contributed by atoms with Gasteiger partial charge in [0.25, 0.3) is 10.0 Å². The fourth-order valence-electron chi connectivity index (χ4n) is 3.73. The van der Waals surface area contributed by atoms with E-state index in [0.717, 1.165) is 10.8 Å². The third kappa shape index (κ3) is 3.53. The number of carbonyl (C=O) groups is 1. The van der Waals surface area contributed by atoms with Crippen LogP contribution in [0.15, 0.2) is 80.0 Å². The maximum absolute atomic E-state index is 12.8. The molecule has 2 aliphatic heterocycles. The van der Waals surface area contributed by atoms with Crippen molar-refractivity contribution in [3.05, 3.63) is 82.4 Å². The Morgan fingerprint density at radius 3 is 2.90 bits per heavy atom. The molecule has 1 aromatic heterocycles. The first kappa shape index (κ1) is 19.3. The normalized spacial score (nSPS) is 17.2. The van der Waals surface area contributed by atoms with Crippen LogP contribution >= 0.6 is 0 Å². The predicted molar refractivity (Wildman–Crippen MR) is 115 cm³/mol. The van der Waals surface area contributed by atoms with E-state index in [1.807, 2.05) is 30.3 Å². The van der Waals surface area contributed by atoms with Crippen LogP contribution in [0.4, 0.5) is 0 Å². The van der Waals surface area contributed by atoms with Crippen LogP contribution in [0.25, 0.3) is 21.7 Å². The zero-order valence-corrected chi connectivity index (χ0v) is 17.0. The number of ether oxygens (including phenoxy) is 1. The average molecular weight is 436 g/mol. The van der Waals surface area contributed by atoms with E-state index in [0.29, 0.717) is 16.5 Å². The molecule has 8 nitrogen and oxygen atoms in total. The number of sulfonamides is 1. The summed E-state index contributed by atoms with van der Waals surface area (Å²) < 4.78 is 38.3. The third-order valence-electron chi connectivity index (χ3n) is 5.15. The quantitative estimate of drug-likeness (QED) is 0.353. The van der Waals surface area contributed by atoms with E-state index >= 15 is 0 Å². The molecule has 0 atom stereocenters. The molecule has 5 rings (SSSR count). The SMILES string of the molecule is O=C(OCc1cc(=O)oc2ccc3ccccc3c12)C1=CC=CN2CCS(=O)(=O)N=C12. The largest absolute Gasteiger partial charge is 0.457 e. The molecule has 0 saturated heterocycles. The van der Waals surface area contributed by atoms with Crippen LogP contribution in [0.1, 0.15) is 5.56 Å². The number of allylic oxidation sites excluding steroid dienone is 2. The molecule has 0 saturated carbocycles. The Bertz CT molecular complexity index is 1500. The Morgan fingerprint density at radius 1 is 1.19 bits per heavy atom. The zero-order valence-electron chi connectivity index (χ0n) is 16.1. The van der Waals surface area contributed by atoms with Crippen molar-refractivity contribution in [2.45, 2.75) is 6.61 Å². The predicted octanol–water partition coefficient (Wildman–Crippen LogP) is 2.49. The van der Waals surface area contributed by atoms with Gasteiger partial charge in [-0.25, -0.2) is 18.0 Å². The van der Waals surface area contributed by atoms with E-state index in [9.17, 15) is 18.0 Å². The number of carbonyl (C=O) groups excluding carboxylic acids is 1. The Hall–Kier alpha value is -3.72. The summed E-state index contributed by atoms with van der Waals surface area (Å²) in [5, 5.41) is 2.50. The van der Waals surface area contributed by atoms with E-state index in [4.69, 9.17) is 9.15 Å². The molecule has 0 fully saturated rings. The van der Waals surface area contributed by atoms with Crippen molar-refractivity contribution in [1.29, 1.82) is 0 Å². The van der Waals surface area contributed by atoms with E-state index in [1.54, 1.807) is 23.2 Å². The molecule has 0 spiro atoms. The van der Waals surface area contributed by atoms with Gasteiger partial charge in [-0.1, -0.05) is 30.3 Å². The molecule has 9 heteroatoms. The Morgan fingerprint density at radius 2 is 2.03 bits per heavy atom. The first-order chi connectivity index (χ1) is 14.9. The van der Waals surface area contributed by atoms with Crippen LogP contribution in [-0.4, -0.2) is 37.4 Å². The van der Waals surface area contributed by atoms with Crippen molar-refractivity contribution in [1.82, 2.24) is 4.90 Å². The lowest BCUT2D eigenvalue weighted by Gasteiger charge is -2.28. The van der Waals surface area contributed by atoms with E-state index in [2.05, 4.69) is 4.40 Å². The summed E-state index contributed by atoms with van der Waals surface area (Å²) in [5.74, 6) is -0.810. The highest BCUT2D eigenvalue weighted by Crippen LogP contribution is 2.28. The fraction of sp³-hybridized carbons (Fsp3) is 0.136. The van der Waals surface area contributed by atoms with Crippen molar-refractivity contribution in [3.63, 3.8) is 0 Å². The van der Waals surface area contributed by atoms with Gasteiger partial charge in [0.1, 0.15) is 17.8 Å². The molecule has 31 heavy (non-hydrogen) atoms. The number of hydrogen-bond acceptors (Lipinski definition) is 7. The van der Waals surface area contributed by atoms with Crippen molar-refractivity contribution < 1.29 is 22.4 Å². The second-order valence-corrected chi connectivity index (χ2v) is 8.90. The summed E-state index contributed by atoms with van der Waals surface area (Å²) in [4.78, 5) is 26.4. The van der Waals surface area contributed by atoms with E-state index in [-0.39, 0.29) is 30.3 Å². The van der Waals surface area contributed by atoms with Crippen LogP contribution in [0.3, 0.4) is 0 Å². The Kier molecular flexibility index (Phi) is 4.48. The molecule has 3 heterocycles. The van der Waals surface area contributed by atoms with Crippen LogP contribution in [-0.2, 0) is 26.2 Å². The summed E-state index contributed by atoms with van der Waals surface area (Å²) in [6, 6.07) is 12.5. The molecule has 3 aromatic rings. The van der Waals surface area contributed by atoms with Gasteiger partial charge < -0.3 is 14.1 Å². The van der Waals surface area contributed by atoms with Gasteiger partial charge in [0, 0.05) is 29.8 Å². The minimum Gasteiger partial charge on any atom is -0.457 e. The lowest BCUT2D eigenvalue weighted by Crippen LogP contribution is -2.40. The molecule has 0 unspecified atom stereocenters. The number of fused-ring (bicyclic) bond motifs is 4. The van der Waals surface area contributed by atoms with Crippen molar-refractivity contribution >= 4 is 43.6 Å². The van der Waals surface area contributed by atoms with Gasteiger partial charge in [-0.3, -0.25) is 0 Å². The van der Waals surface area contributed by atoms with Gasteiger partial charge >= 0.3 is 11.6 Å². The van der Waals surface area contributed by atoms with Gasteiger partial charge in [-0.2, -0.15) is 0 Å². The molecule has 2 aromatic carbocycles. The van der Waals surface area contributed by atoms with Gasteiger partial charge in [-0.15, -0.1) is 4.40 Å². The highest BCUT2D eigenvalue weighted by atomic mass is 32.2. The number of esters is 1. The molecule has 0 radical (unpaired) electrons. The molecular formula is C22H16N2O6S. The number of hydrogen-bond donors (Lipinski definition) is 0. The second-order valence-electron chi connectivity index (χ2n) is 7.14. The van der Waals surface area contributed by atoms with Crippen LogP contribution < -0.4 is 5.63 Å². The zero-order chi connectivity index (χ0) is 21.6. The molecule has 0 aliphatic carbocycles. The first-order valence-electron chi connectivity index (χ1n) is 9.51. The summed E-state index contributed by atoms with van der Waals surface area (Å²) in [6.45, 7) is 0.0225. The van der Waals surface area contributed by atoms with Crippen LogP contribution in [0.2, 0.25) is 0 Å². The lowest BCUT2D eigenvalue weighted by molar-refractivity contribution is -0.139. The number of nitrogens with zero attached hydrogens (tertiary/aromatic N) is 2. The maximum atomic E-state index is 12.8. The van der Waals surface area contributed by atoms with Gasteiger partial charge in [0.05, 0.1) is 5.75 Å². The van der Waals surface area contributed by atoms with Gasteiger partial charge in [-0.05, 0) is 29.0 Å². The monoisotopic (exact) mass is 436 g/mol. The van der Waals surface area contributed by atoms with Crippen molar-refractivity contribution in [2.75, 3.05) is 12.3 Å². The molecule has 156 valence electrons. The molecule has 0 bridgehead atoms. The van der Waals surface area contributed by atoms with Crippen LogP contribution in [0.5, 0.6) is 0 Å². The lowest BCUT2D eigenvalue weighted by atomic mass is 10.0. The molecule has 2 aliphatic rings. The Labute approximate surface area is 176 Å². The minimum atomic E-state index is -3.64. The highest BCUT2D eigenvalue weighted by molar-refractivity contribution is 7.90. The summed E-state index contributed by atoms with van der Waals surface area (Å²) in [6.07, 6.45) is 4.76. The average Bonchev–Trinajstić information content (AvgIpc) is 2.75. The highest BCUT2D eigenvalue weighted by Gasteiger charge is 2.30. The standard InChI is InChI=1S/C22H16N2O6S/c25-19-12-15(20-16-5-2-1-4-14(16)7-8-18(20)30-19)13-29-22(26)17-6-3-9-24-10-11-31(27,28)23-21(17)24/h1-9,12H,10-11,13H2. The summed E-state index contributed by atoms with van der Waals surface area (Å²) in [5.41, 5.74) is 0.384. The van der Waals surface area contributed by atoms with Crippen molar-refractivity contribution in [2.24, 2.45) is 4.40 Å². The summed E-state index contributed by atoms with van der Waals surface area (Å²) in [7, 11) is -3.64. The summed E-state index contributed by atoms with van der Waals surface area (Å²) >= 11 is 0. The van der Waals surface area contributed by atoms with Gasteiger partial charge in [0.2, 0.25) is 0 Å².